The van der Waals surface area contributed by atoms with Crippen LogP contribution in [0.1, 0.15) is 51.4 Å². The molecule has 0 radical (unpaired) electrons. The van der Waals surface area contributed by atoms with Gasteiger partial charge in [-0.15, -0.1) is 0 Å². The van der Waals surface area contributed by atoms with Gasteiger partial charge in [-0.1, -0.05) is 25.7 Å². The van der Waals surface area contributed by atoms with Crippen LogP contribution < -0.4 is 0 Å². The molecule has 1 aliphatic carbocycles. The molecule has 2 fully saturated rings. The number of hydrogen-bond donors (Lipinski definition) is 1. The van der Waals surface area contributed by atoms with Crippen LogP contribution in [0.3, 0.4) is 0 Å². The minimum absolute atomic E-state index is 0.250. The lowest BCUT2D eigenvalue weighted by atomic mass is 9.88. The number of carbonyl (C=O) groups is 1. The summed E-state index contributed by atoms with van der Waals surface area (Å²) in [4.78, 5) is 11.1. The van der Waals surface area contributed by atoms with Crippen molar-refractivity contribution in [2.75, 3.05) is 19.6 Å². The zero-order chi connectivity index (χ0) is 11.6. The highest BCUT2D eigenvalue weighted by atomic mass is 16.3. The van der Waals surface area contributed by atoms with Crippen LogP contribution in [0.5, 0.6) is 0 Å². The zero-order valence-electron chi connectivity index (χ0n) is 10.2. The monoisotopic (exact) mass is 227 g/mol. The molecule has 0 aromatic carbocycles. The maximum Gasteiger partial charge on any atom is 0.290 e. The van der Waals surface area contributed by atoms with Crippen molar-refractivity contribution in [3.8, 4) is 0 Å². The number of hydrogen-bond acceptors (Lipinski definition) is 2. The van der Waals surface area contributed by atoms with Gasteiger partial charge in [-0.2, -0.15) is 0 Å². The second kappa shape index (κ2) is 8.57. The van der Waals surface area contributed by atoms with Gasteiger partial charge >= 0.3 is 0 Å². The topological polar surface area (TPSA) is 40.5 Å². The van der Waals surface area contributed by atoms with Gasteiger partial charge in [-0.05, 0) is 44.7 Å². The Morgan fingerprint density at radius 3 is 2.06 bits per heavy atom. The van der Waals surface area contributed by atoms with E-state index >= 15 is 0 Å². The first-order chi connectivity index (χ1) is 7.86. The first kappa shape index (κ1) is 13.5. The fourth-order valence-electron chi connectivity index (χ4n) is 2.88. The standard InChI is InChI=1S/C12H23N.CH2O2/c1-3-7-12(8-4-1)11-13-9-5-2-6-10-13;2-1-3/h12H,1-11H2;1H,(H,2,3). The summed E-state index contributed by atoms with van der Waals surface area (Å²) >= 11 is 0. The summed E-state index contributed by atoms with van der Waals surface area (Å²) in [7, 11) is 0. The quantitative estimate of drug-likeness (QED) is 0.737. The van der Waals surface area contributed by atoms with Gasteiger partial charge in [0.15, 0.2) is 0 Å². The van der Waals surface area contributed by atoms with Crippen molar-refractivity contribution in [3.63, 3.8) is 0 Å². The Morgan fingerprint density at radius 1 is 1.00 bits per heavy atom. The lowest BCUT2D eigenvalue weighted by Gasteiger charge is -2.32. The molecule has 3 nitrogen and oxygen atoms in total. The van der Waals surface area contributed by atoms with Crippen LogP contribution in [0.25, 0.3) is 0 Å². The van der Waals surface area contributed by atoms with Crippen molar-refractivity contribution < 1.29 is 9.90 Å². The predicted octanol–water partition coefficient (Wildman–Crippen LogP) is 2.75. The van der Waals surface area contributed by atoms with Crippen LogP contribution >= 0.6 is 0 Å². The smallest absolute Gasteiger partial charge is 0.290 e. The van der Waals surface area contributed by atoms with E-state index in [1.54, 1.807) is 0 Å². The second-order valence-electron chi connectivity index (χ2n) is 4.97. The molecule has 1 heterocycles. The van der Waals surface area contributed by atoms with Gasteiger partial charge in [-0.25, -0.2) is 0 Å². The van der Waals surface area contributed by atoms with E-state index in [9.17, 15) is 0 Å². The summed E-state index contributed by atoms with van der Waals surface area (Å²) < 4.78 is 0. The molecule has 2 rings (SSSR count). The summed E-state index contributed by atoms with van der Waals surface area (Å²) in [5, 5.41) is 6.89. The Morgan fingerprint density at radius 2 is 1.50 bits per heavy atom. The molecule has 16 heavy (non-hydrogen) atoms. The summed E-state index contributed by atoms with van der Waals surface area (Å²) in [5.41, 5.74) is 0. The van der Waals surface area contributed by atoms with Crippen LogP contribution in [-0.4, -0.2) is 36.1 Å². The highest BCUT2D eigenvalue weighted by Crippen LogP contribution is 2.25. The number of carboxylic acid groups (broad SMARTS) is 1. The normalized spacial score (nSPS) is 23.2. The van der Waals surface area contributed by atoms with Gasteiger partial charge < -0.3 is 10.0 Å². The SMILES string of the molecule is C1CCC(CN2CCCCC2)CC1.O=CO. The zero-order valence-corrected chi connectivity index (χ0v) is 10.2. The molecule has 0 spiro atoms. The summed E-state index contributed by atoms with van der Waals surface area (Å²) in [6, 6.07) is 0. The number of likely N-dealkylation sites (tertiary alicyclic amines) is 1. The molecule has 1 N–H and O–H groups in total. The van der Waals surface area contributed by atoms with Gasteiger partial charge in [-0.3, -0.25) is 4.79 Å². The largest absolute Gasteiger partial charge is 0.483 e. The van der Waals surface area contributed by atoms with E-state index in [0.717, 1.165) is 5.92 Å². The van der Waals surface area contributed by atoms with Gasteiger partial charge in [0.2, 0.25) is 0 Å². The molecular weight excluding hydrogens is 202 g/mol. The molecule has 0 aromatic heterocycles. The first-order valence-electron chi connectivity index (χ1n) is 6.67. The van der Waals surface area contributed by atoms with E-state index in [-0.39, 0.29) is 6.47 Å². The van der Waals surface area contributed by atoms with Gasteiger partial charge in [0.25, 0.3) is 6.47 Å². The highest BCUT2D eigenvalue weighted by molar-refractivity contribution is 5.32. The Balaban J connectivity index is 0.000000386. The predicted molar refractivity (Wildman–Crippen MR) is 65.6 cm³/mol. The van der Waals surface area contributed by atoms with Crippen molar-refractivity contribution in [2.45, 2.75) is 51.4 Å². The first-order valence-corrected chi connectivity index (χ1v) is 6.67. The lowest BCUT2D eigenvalue weighted by Crippen LogP contribution is -2.34. The van der Waals surface area contributed by atoms with Crippen molar-refractivity contribution in [1.29, 1.82) is 0 Å². The Bertz CT molecular complexity index is 157. The molecule has 0 aromatic rings. The molecule has 94 valence electrons. The molecule has 0 bridgehead atoms. The van der Waals surface area contributed by atoms with E-state index in [1.807, 2.05) is 0 Å². The van der Waals surface area contributed by atoms with E-state index in [1.165, 1.54) is 71.0 Å². The van der Waals surface area contributed by atoms with Crippen molar-refractivity contribution in [2.24, 2.45) is 5.92 Å². The van der Waals surface area contributed by atoms with Crippen LogP contribution in [0, 0.1) is 5.92 Å². The highest BCUT2D eigenvalue weighted by Gasteiger charge is 2.18. The summed E-state index contributed by atoms with van der Waals surface area (Å²) in [5.74, 6) is 1.05. The average molecular weight is 227 g/mol. The van der Waals surface area contributed by atoms with Gasteiger partial charge in [0.05, 0.1) is 0 Å². The van der Waals surface area contributed by atoms with Crippen molar-refractivity contribution in [1.82, 2.24) is 4.90 Å². The fourth-order valence-corrected chi connectivity index (χ4v) is 2.88. The van der Waals surface area contributed by atoms with Crippen LogP contribution in [0.4, 0.5) is 0 Å². The van der Waals surface area contributed by atoms with E-state index in [2.05, 4.69) is 4.90 Å². The van der Waals surface area contributed by atoms with Crippen LogP contribution in [-0.2, 0) is 4.79 Å². The molecule has 0 unspecified atom stereocenters. The average Bonchev–Trinajstić information content (AvgIpc) is 2.33. The van der Waals surface area contributed by atoms with Crippen LogP contribution in [0.15, 0.2) is 0 Å². The number of rotatable bonds is 2. The van der Waals surface area contributed by atoms with E-state index in [4.69, 9.17) is 9.90 Å². The third kappa shape index (κ3) is 5.50. The maximum atomic E-state index is 8.36. The Labute approximate surface area is 98.8 Å². The molecule has 1 saturated carbocycles. The third-order valence-corrected chi connectivity index (χ3v) is 3.69. The van der Waals surface area contributed by atoms with E-state index < -0.39 is 0 Å². The van der Waals surface area contributed by atoms with E-state index in [0.29, 0.717) is 0 Å². The van der Waals surface area contributed by atoms with Crippen molar-refractivity contribution >= 4 is 6.47 Å². The third-order valence-electron chi connectivity index (χ3n) is 3.69. The van der Waals surface area contributed by atoms with Crippen LogP contribution in [0.2, 0.25) is 0 Å². The molecule has 1 aliphatic heterocycles. The summed E-state index contributed by atoms with van der Waals surface area (Å²) in [6.07, 6.45) is 11.9. The van der Waals surface area contributed by atoms with Gasteiger partial charge in [0, 0.05) is 6.54 Å². The number of piperidine rings is 1. The summed E-state index contributed by atoms with van der Waals surface area (Å²) in [6.45, 7) is 3.94. The number of nitrogens with zero attached hydrogens (tertiary/aromatic N) is 1. The molecule has 2 aliphatic rings. The minimum atomic E-state index is -0.250. The minimum Gasteiger partial charge on any atom is -0.483 e. The molecular formula is C13H25NO2. The van der Waals surface area contributed by atoms with Gasteiger partial charge in [0.1, 0.15) is 0 Å². The second-order valence-corrected chi connectivity index (χ2v) is 4.97. The molecule has 0 atom stereocenters. The molecule has 0 amide bonds. The molecule has 1 saturated heterocycles. The Hall–Kier alpha value is -0.570. The lowest BCUT2D eigenvalue weighted by molar-refractivity contribution is -0.122. The fraction of sp³-hybridized carbons (Fsp3) is 0.923. The molecule has 3 heteroatoms. The Kier molecular flexibility index (Phi) is 7.23. The maximum absolute atomic E-state index is 8.36. The van der Waals surface area contributed by atoms with Crippen molar-refractivity contribution in [3.05, 3.63) is 0 Å².